The highest BCUT2D eigenvalue weighted by molar-refractivity contribution is 5.72. The van der Waals surface area contributed by atoms with E-state index < -0.39 is 6.10 Å². The van der Waals surface area contributed by atoms with Crippen LogP contribution in [-0.4, -0.2) is 35.6 Å². The molecule has 0 unspecified atom stereocenters. The minimum Gasteiger partial charge on any atom is -0.389 e. The molecule has 1 amide bonds. The Morgan fingerprint density at radius 3 is 2.85 bits per heavy atom. The molecule has 1 aliphatic rings. The Kier molecular flexibility index (Phi) is 4.95. The molecule has 0 aromatic carbocycles. The molecule has 1 atom stereocenters. The highest BCUT2D eigenvalue weighted by Crippen LogP contribution is 2.23. The number of rotatable bonds is 4. The Hall–Kier alpha value is -1.62. The lowest BCUT2D eigenvalue weighted by Crippen LogP contribution is -2.38. The van der Waals surface area contributed by atoms with E-state index in [-0.39, 0.29) is 5.91 Å². The van der Waals surface area contributed by atoms with Crippen LogP contribution in [0.2, 0.25) is 0 Å². The standard InChI is InChI=1S/C15H23N3O2/c1-11(19)14-3-6-16-15(9-14)18-7-4-13(5-8-18)10-17-12(2)20/h3,6,9,11,13,19H,4-5,7-8,10H2,1-2H3,(H,17,20)/t11-/m0/s1. The zero-order valence-corrected chi connectivity index (χ0v) is 12.2. The third-order valence-electron chi connectivity index (χ3n) is 3.83. The van der Waals surface area contributed by atoms with Gasteiger partial charge in [-0.1, -0.05) is 0 Å². The van der Waals surface area contributed by atoms with Crippen molar-refractivity contribution >= 4 is 11.7 Å². The minimum atomic E-state index is -0.464. The van der Waals surface area contributed by atoms with Crippen molar-refractivity contribution in [1.29, 1.82) is 0 Å². The van der Waals surface area contributed by atoms with Gasteiger partial charge in [0.25, 0.3) is 0 Å². The number of amides is 1. The zero-order valence-electron chi connectivity index (χ0n) is 12.2. The number of aliphatic hydroxyl groups is 1. The molecule has 20 heavy (non-hydrogen) atoms. The highest BCUT2D eigenvalue weighted by Gasteiger charge is 2.20. The normalized spacial score (nSPS) is 17.9. The first-order chi connectivity index (χ1) is 9.56. The van der Waals surface area contributed by atoms with E-state index in [1.54, 1.807) is 20.0 Å². The molecule has 5 nitrogen and oxygen atoms in total. The molecule has 2 heterocycles. The van der Waals surface area contributed by atoms with E-state index in [9.17, 15) is 9.90 Å². The summed E-state index contributed by atoms with van der Waals surface area (Å²) in [6, 6.07) is 3.80. The maximum absolute atomic E-state index is 10.9. The summed E-state index contributed by atoms with van der Waals surface area (Å²) in [5, 5.41) is 12.5. The van der Waals surface area contributed by atoms with Gasteiger partial charge in [-0.25, -0.2) is 4.98 Å². The van der Waals surface area contributed by atoms with Gasteiger partial charge in [0.15, 0.2) is 0 Å². The van der Waals surface area contributed by atoms with Crippen LogP contribution in [0.15, 0.2) is 18.3 Å². The van der Waals surface area contributed by atoms with E-state index in [1.807, 2.05) is 12.1 Å². The van der Waals surface area contributed by atoms with Gasteiger partial charge in [-0.3, -0.25) is 4.79 Å². The highest BCUT2D eigenvalue weighted by atomic mass is 16.3. The summed E-state index contributed by atoms with van der Waals surface area (Å²) in [4.78, 5) is 17.6. The van der Waals surface area contributed by atoms with Crippen molar-refractivity contribution in [2.24, 2.45) is 5.92 Å². The van der Waals surface area contributed by atoms with Gasteiger partial charge in [-0.15, -0.1) is 0 Å². The van der Waals surface area contributed by atoms with E-state index in [2.05, 4.69) is 15.2 Å². The number of pyridine rings is 1. The van der Waals surface area contributed by atoms with Crippen molar-refractivity contribution in [2.45, 2.75) is 32.8 Å². The molecule has 1 aromatic rings. The van der Waals surface area contributed by atoms with Crippen LogP contribution < -0.4 is 10.2 Å². The molecule has 1 aromatic heterocycles. The number of aliphatic hydroxyl groups excluding tert-OH is 1. The number of carbonyl (C=O) groups is 1. The maximum Gasteiger partial charge on any atom is 0.216 e. The van der Waals surface area contributed by atoms with E-state index in [0.717, 1.165) is 43.9 Å². The Balaban J connectivity index is 1.90. The number of nitrogens with zero attached hydrogens (tertiary/aromatic N) is 2. The molecule has 0 saturated carbocycles. The Morgan fingerprint density at radius 2 is 2.25 bits per heavy atom. The number of piperidine rings is 1. The predicted molar refractivity (Wildman–Crippen MR) is 78.5 cm³/mol. The summed E-state index contributed by atoms with van der Waals surface area (Å²) in [5.41, 5.74) is 0.898. The van der Waals surface area contributed by atoms with Gasteiger partial charge in [-0.05, 0) is 43.4 Å². The lowest BCUT2D eigenvalue weighted by Gasteiger charge is -2.33. The second-order valence-electron chi connectivity index (χ2n) is 5.49. The second-order valence-corrected chi connectivity index (χ2v) is 5.49. The molecule has 0 bridgehead atoms. The van der Waals surface area contributed by atoms with Crippen molar-refractivity contribution in [2.75, 3.05) is 24.5 Å². The molecular weight excluding hydrogens is 254 g/mol. The Labute approximate surface area is 120 Å². The van der Waals surface area contributed by atoms with Crippen LogP contribution in [0.4, 0.5) is 5.82 Å². The van der Waals surface area contributed by atoms with Crippen LogP contribution in [0.1, 0.15) is 38.4 Å². The van der Waals surface area contributed by atoms with E-state index >= 15 is 0 Å². The van der Waals surface area contributed by atoms with Crippen molar-refractivity contribution in [3.63, 3.8) is 0 Å². The average molecular weight is 277 g/mol. The fourth-order valence-corrected chi connectivity index (χ4v) is 2.52. The number of nitrogens with one attached hydrogen (secondary N) is 1. The van der Waals surface area contributed by atoms with Gasteiger partial charge < -0.3 is 15.3 Å². The van der Waals surface area contributed by atoms with E-state index in [4.69, 9.17) is 0 Å². The van der Waals surface area contributed by atoms with Gasteiger partial charge in [0.2, 0.25) is 5.91 Å². The van der Waals surface area contributed by atoms with Gasteiger partial charge >= 0.3 is 0 Å². The summed E-state index contributed by atoms with van der Waals surface area (Å²) in [6.07, 6.45) is 3.40. The molecule has 110 valence electrons. The zero-order chi connectivity index (χ0) is 14.5. The van der Waals surface area contributed by atoms with Crippen LogP contribution in [0, 0.1) is 5.92 Å². The van der Waals surface area contributed by atoms with Crippen molar-refractivity contribution in [1.82, 2.24) is 10.3 Å². The molecule has 5 heteroatoms. The molecule has 2 N–H and O–H groups in total. The second kappa shape index (κ2) is 6.70. The minimum absolute atomic E-state index is 0.0405. The number of carbonyl (C=O) groups excluding carboxylic acids is 1. The third kappa shape index (κ3) is 3.93. The summed E-state index contributed by atoms with van der Waals surface area (Å²) < 4.78 is 0. The third-order valence-corrected chi connectivity index (χ3v) is 3.83. The monoisotopic (exact) mass is 277 g/mol. The van der Waals surface area contributed by atoms with Crippen LogP contribution in [-0.2, 0) is 4.79 Å². The van der Waals surface area contributed by atoms with Crippen molar-refractivity contribution in [3.8, 4) is 0 Å². The van der Waals surface area contributed by atoms with Crippen molar-refractivity contribution < 1.29 is 9.90 Å². The maximum atomic E-state index is 10.9. The molecule has 0 radical (unpaired) electrons. The van der Waals surface area contributed by atoms with Crippen LogP contribution in [0.25, 0.3) is 0 Å². The fraction of sp³-hybridized carbons (Fsp3) is 0.600. The van der Waals surface area contributed by atoms with E-state index in [0.29, 0.717) is 5.92 Å². The van der Waals surface area contributed by atoms with Gasteiger partial charge in [0.05, 0.1) is 6.10 Å². The lowest BCUT2D eigenvalue weighted by molar-refractivity contribution is -0.119. The topological polar surface area (TPSA) is 65.5 Å². The first-order valence-corrected chi connectivity index (χ1v) is 7.19. The average Bonchev–Trinajstić information content (AvgIpc) is 2.46. The molecule has 1 saturated heterocycles. The first-order valence-electron chi connectivity index (χ1n) is 7.19. The summed E-state index contributed by atoms with van der Waals surface area (Å²) in [5.74, 6) is 1.52. The van der Waals surface area contributed by atoms with Crippen LogP contribution in [0.5, 0.6) is 0 Å². The summed E-state index contributed by atoms with van der Waals surface area (Å²) >= 11 is 0. The largest absolute Gasteiger partial charge is 0.389 e. The van der Waals surface area contributed by atoms with Crippen LogP contribution >= 0.6 is 0 Å². The molecule has 1 fully saturated rings. The molecular formula is C15H23N3O2. The van der Waals surface area contributed by atoms with Crippen molar-refractivity contribution in [3.05, 3.63) is 23.9 Å². The SMILES string of the molecule is CC(=O)NCC1CCN(c2cc([C@H](C)O)ccn2)CC1. The Morgan fingerprint density at radius 1 is 1.55 bits per heavy atom. The summed E-state index contributed by atoms with van der Waals surface area (Å²) in [7, 11) is 0. The number of aromatic nitrogens is 1. The van der Waals surface area contributed by atoms with Crippen LogP contribution in [0.3, 0.4) is 0 Å². The number of hydrogen-bond acceptors (Lipinski definition) is 4. The predicted octanol–water partition coefficient (Wildman–Crippen LogP) is 1.49. The molecule has 0 aliphatic carbocycles. The fourth-order valence-electron chi connectivity index (χ4n) is 2.52. The quantitative estimate of drug-likeness (QED) is 0.875. The molecule has 1 aliphatic heterocycles. The lowest BCUT2D eigenvalue weighted by atomic mass is 9.96. The Bertz CT molecular complexity index is 454. The van der Waals surface area contributed by atoms with Gasteiger partial charge in [0.1, 0.15) is 5.82 Å². The first kappa shape index (κ1) is 14.8. The molecule has 0 spiro atoms. The van der Waals surface area contributed by atoms with E-state index in [1.165, 1.54) is 0 Å². The summed E-state index contributed by atoms with van der Waals surface area (Å²) in [6.45, 7) is 5.98. The smallest absolute Gasteiger partial charge is 0.216 e. The number of hydrogen-bond donors (Lipinski definition) is 2. The van der Waals surface area contributed by atoms with Gasteiger partial charge in [-0.2, -0.15) is 0 Å². The molecule has 2 rings (SSSR count). The van der Waals surface area contributed by atoms with Gasteiger partial charge in [0, 0.05) is 32.8 Å². The number of anilines is 1.